The summed E-state index contributed by atoms with van der Waals surface area (Å²) in [4.78, 5) is 41.0. The van der Waals surface area contributed by atoms with Crippen molar-refractivity contribution in [1.82, 2.24) is 14.9 Å². The largest absolute Gasteiger partial charge is 0.488 e. The number of carbonyl (C=O) groups is 2. The highest BCUT2D eigenvalue weighted by Gasteiger charge is 2.30. The van der Waals surface area contributed by atoms with E-state index in [1.807, 2.05) is 20.8 Å². The van der Waals surface area contributed by atoms with Crippen molar-refractivity contribution in [2.45, 2.75) is 52.2 Å². The molecule has 0 radical (unpaired) electrons. The van der Waals surface area contributed by atoms with Crippen molar-refractivity contribution >= 4 is 22.7 Å². The van der Waals surface area contributed by atoms with Gasteiger partial charge in [-0.25, -0.2) is 4.98 Å². The summed E-state index contributed by atoms with van der Waals surface area (Å²) < 4.78 is 7.18. The molecule has 2 heterocycles. The van der Waals surface area contributed by atoms with E-state index in [9.17, 15) is 14.4 Å². The first-order chi connectivity index (χ1) is 11.7. The molecule has 2 amide bonds. The highest BCUT2D eigenvalue weighted by Crippen LogP contribution is 2.24. The topological polar surface area (TPSA) is 90.3 Å². The Balaban J connectivity index is 2.12. The van der Waals surface area contributed by atoms with E-state index in [0.717, 1.165) is 0 Å². The number of benzene rings is 1. The summed E-state index contributed by atoms with van der Waals surface area (Å²) in [5, 5.41) is 2.67. The molecule has 7 nitrogen and oxygen atoms in total. The number of piperidine rings is 1. The van der Waals surface area contributed by atoms with Crippen LogP contribution in [0.4, 0.5) is 0 Å². The molecule has 1 aromatic heterocycles. The van der Waals surface area contributed by atoms with Crippen LogP contribution in [0, 0.1) is 6.92 Å². The molecule has 0 spiro atoms. The third kappa shape index (κ3) is 3.40. The Hall–Kier alpha value is -2.70. The van der Waals surface area contributed by atoms with Gasteiger partial charge >= 0.3 is 0 Å². The van der Waals surface area contributed by atoms with Crippen LogP contribution < -0.4 is 15.6 Å². The van der Waals surface area contributed by atoms with E-state index in [1.165, 1.54) is 4.57 Å². The van der Waals surface area contributed by atoms with Crippen molar-refractivity contribution in [2.24, 2.45) is 0 Å². The van der Waals surface area contributed by atoms with Gasteiger partial charge in [-0.15, -0.1) is 0 Å². The van der Waals surface area contributed by atoms with E-state index in [0.29, 0.717) is 22.5 Å². The molecule has 1 saturated heterocycles. The Labute approximate surface area is 145 Å². The number of carbonyl (C=O) groups excluding carboxylic acids is 2. The number of rotatable bonds is 2. The fraction of sp³-hybridized carbons (Fsp3) is 0.444. The molecule has 0 bridgehead atoms. The lowest BCUT2D eigenvalue weighted by atomic mass is 10.1. The number of nitrogens with zero attached hydrogens (tertiary/aromatic N) is 2. The molecule has 25 heavy (non-hydrogen) atoms. The maximum Gasteiger partial charge on any atom is 0.262 e. The molecule has 0 aliphatic carbocycles. The number of imide groups is 1. The van der Waals surface area contributed by atoms with E-state index < -0.39 is 17.6 Å². The molecular formula is C18H21N3O4. The lowest BCUT2D eigenvalue weighted by molar-refractivity contribution is -0.135. The van der Waals surface area contributed by atoms with Crippen LogP contribution in [0.5, 0.6) is 5.75 Å². The zero-order valence-corrected chi connectivity index (χ0v) is 14.8. The van der Waals surface area contributed by atoms with Gasteiger partial charge < -0.3 is 4.74 Å². The monoisotopic (exact) mass is 343 g/mol. The molecule has 2 aromatic rings. The Bertz CT molecular complexity index is 924. The highest BCUT2D eigenvalue weighted by molar-refractivity contribution is 5.99. The average Bonchev–Trinajstić information content (AvgIpc) is 2.48. The molecule has 1 aromatic carbocycles. The van der Waals surface area contributed by atoms with Crippen molar-refractivity contribution in [1.29, 1.82) is 0 Å². The van der Waals surface area contributed by atoms with Gasteiger partial charge in [0.2, 0.25) is 11.8 Å². The Kier molecular flexibility index (Phi) is 4.10. The number of amides is 2. The first kappa shape index (κ1) is 17.1. The Morgan fingerprint density at radius 3 is 2.60 bits per heavy atom. The minimum absolute atomic E-state index is 0.202. The summed E-state index contributed by atoms with van der Waals surface area (Å²) in [6.07, 6.45) is 0.490. The van der Waals surface area contributed by atoms with Gasteiger partial charge in [0, 0.05) is 6.42 Å². The van der Waals surface area contributed by atoms with Crippen LogP contribution in [0.2, 0.25) is 0 Å². The summed E-state index contributed by atoms with van der Waals surface area (Å²) >= 11 is 0. The van der Waals surface area contributed by atoms with Gasteiger partial charge in [0.1, 0.15) is 23.2 Å². The zero-order valence-electron chi connectivity index (χ0n) is 14.8. The SMILES string of the molecule is Cc1nc2ccc(OC(C)(C)C)cc2c(=O)n1C1CCC(=O)NC1=O. The van der Waals surface area contributed by atoms with Gasteiger partial charge in [-0.3, -0.25) is 24.3 Å². The fourth-order valence-corrected chi connectivity index (χ4v) is 3.00. The Morgan fingerprint density at radius 1 is 1.24 bits per heavy atom. The van der Waals surface area contributed by atoms with Gasteiger partial charge in [-0.05, 0) is 52.3 Å². The predicted octanol–water partition coefficient (Wildman–Crippen LogP) is 1.86. The van der Waals surface area contributed by atoms with Crippen molar-refractivity contribution in [2.75, 3.05) is 0 Å². The third-order valence-corrected chi connectivity index (χ3v) is 3.99. The minimum Gasteiger partial charge on any atom is -0.488 e. The summed E-state index contributed by atoms with van der Waals surface area (Å²) in [6, 6.07) is 4.43. The number of hydrogen-bond donors (Lipinski definition) is 1. The molecule has 1 aliphatic rings. The molecular weight excluding hydrogens is 322 g/mol. The standard InChI is InChI=1S/C18H21N3O4/c1-10-19-13-6-5-11(25-18(2,3)4)9-12(13)17(24)21(10)14-7-8-15(22)20-16(14)23/h5-6,9,14H,7-8H2,1-4H3,(H,20,22,23). The number of fused-ring (bicyclic) bond motifs is 1. The van der Waals surface area contributed by atoms with E-state index in [4.69, 9.17) is 4.74 Å². The maximum atomic E-state index is 13.0. The second-order valence-corrected chi connectivity index (χ2v) is 7.19. The van der Waals surface area contributed by atoms with E-state index >= 15 is 0 Å². The number of ether oxygens (including phenoxy) is 1. The number of aryl methyl sites for hydroxylation is 1. The molecule has 1 atom stereocenters. The molecule has 0 saturated carbocycles. The van der Waals surface area contributed by atoms with Crippen molar-refractivity contribution in [3.63, 3.8) is 0 Å². The smallest absolute Gasteiger partial charge is 0.262 e. The van der Waals surface area contributed by atoms with Crippen LogP contribution in [-0.4, -0.2) is 27.0 Å². The summed E-state index contributed by atoms with van der Waals surface area (Å²) in [7, 11) is 0. The Morgan fingerprint density at radius 2 is 1.96 bits per heavy atom. The second-order valence-electron chi connectivity index (χ2n) is 7.19. The van der Waals surface area contributed by atoms with Gasteiger partial charge in [-0.1, -0.05) is 0 Å². The van der Waals surface area contributed by atoms with Crippen molar-refractivity contribution in [3.05, 3.63) is 34.4 Å². The molecule has 3 rings (SSSR count). The summed E-state index contributed by atoms with van der Waals surface area (Å²) in [5.41, 5.74) is -0.155. The average molecular weight is 343 g/mol. The second kappa shape index (κ2) is 5.98. The van der Waals surface area contributed by atoms with Crippen LogP contribution in [-0.2, 0) is 9.59 Å². The van der Waals surface area contributed by atoms with Crippen molar-refractivity contribution < 1.29 is 14.3 Å². The molecule has 1 aliphatic heterocycles. The molecule has 7 heteroatoms. The number of hydrogen-bond acceptors (Lipinski definition) is 5. The molecule has 1 fully saturated rings. The first-order valence-electron chi connectivity index (χ1n) is 8.21. The third-order valence-electron chi connectivity index (χ3n) is 3.99. The van der Waals surface area contributed by atoms with Crippen molar-refractivity contribution in [3.8, 4) is 5.75 Å². The number of aromatic nitrogens is 2. The normalized spacial score (nSPS) is 18.3. The quantitative estimate of drug-likeness (QED) is 0.841. The van der Waals surface area contributed by atoms with Crippen LogP contribution in [0.15, 0.2) is 23.0 Å². The van der Waals surface area contributed by atoms with Crippen LogP contribution in [0.25, 0.3) is 10.9 Å². The lowest BCUT2D eigenvalue weighted by Crippen LogP contribution is -2.45. The molecule has 1 unspecified atom stereocenters. The van der Waals surface area contributed by atoms with Gasteiger partial charge in [0.05, 0.1) is 10.9 Å². The predicted molar refractivity (Wildman–Crippen MR) is 92.5 cm³/mol. The van der Waals surface area contributed by atoms with Crippen LogP contribution in [0.1, 0.15) is 45.5 Å². The molecule has 1 N–H and O–H groups in total. The summed E-state index contributed by atoms with van der Waals surface area (Å²) in [5.74, 6) is 0.223. The summed E-state index contributed by atoms with van der Waals surface area (Å²) in [6.45, 7) is 7.45. The van der Waals surface area contributed by atoms with E-state index in [-0.39, 0.29) is 24.3 Å². The van der Waals surface area contributed by atoms with Crippen LogP contribution in [0.3, 0.4) is 0 Å². The highest BCUT2D eigenvalue weighted by atomic mass is 16.5. The first-order valence-corrected chi connectivity index (χ1v) is 8.21. The zero-order chi connectivity index (χ0) is 18.4. The lowest BCUT2D eigenvalue weighted by Gasteiger charge is -2.25. The van der Waals surface area contributed by atoms with Crippen LogP contribution >= 0.6 is 0 Å². The molecule has 132 valence electrons. The maximum absolute atomic E-state index is 13.0. The number of nitrogens with one attached hydrogen (secondary N) is 1. The fourth-order valence-electron chi connectivity index (χ4n) is 3.00. The van der Waals surface area contributed by atoms with E-state index in [1.54, 1.807) is 25.1 Å². The van der Waals surface area contributed by atoms with Gasteiger partial charge in [-0.2, -0.15) is 0 Å². The van der Waals surface area contributed by atoms with Gasteiger partial charge in [0.25, 0.3) is 5.56 Å². The van der Waals surface area contributed by atoms with E-state index in [2.05, 4.69) is 10.3 Å². The minimum atomic E-state index is -0.728. The van der Waals surface area contributed by atoms with Gasteiger partial charge in [0.15, 0.2) is 0 Å².